The second kappa shape index (κ2) is 7.03. The van der Waals surface area contributed by atoms with E-state index in [9.17, 15) is 10.1 Å². The lowest BCUT2D eigenvalue weighted by Crippen LogP contribution is -2.12. The topological polar surface area (TPSA) is 90.3 Å². The van der Waals surface area contributed by atoms with Gasteiger partial charge in [0.1, 0.15) is 11.8 Å². The van der Waals surface area contributed by atoms with Crippen LogP contribution in [-0.4, -0.2) is 17.6 Å². The van der Waals surface area contributed by atoms with Gasteiger partial charge in [-0.05, 0) is 30.7 Å². The number of rotatable bonds is 4. The van der Waals surface area contributed by atoms with Crippen molar-refractivity contribution in [3.8, 4) is 23.3 Å². The summed E-state index contributed by atoms with van der Waals surface area (Å²) in [6, 6.07) is 16.8. The number of methoxy groups -OCH3 is 1. The summed E-state index contributed by atoms with van der Waals surface area (Å²) in [5.74, 6) is 0.586. The Labute approximate surface area is 151 Å². The van der Waals surface area contributed by atoms with Crippen LogP contribution in [0, 0.1) is 18.3 Å². The Kier molecular flexibility index (Phi) is 4.63. The van der Waals surface area contributed by atoms with Crippen molar-refractivity contribution in [1.82, 2.24) is 4.57 Å². The van der Waals surface area contributed by atoms with Crippen LogP contribution >= 0.6 is 0 Å². The summed E-state index contributed by atoms with van der Waals surface area (Å²) in [5.41, 5.74) is 7.80. The molecule has 0 radical (unpaired) electrons. The maximum atomic E-state index is 12.2. The number of nitriles is 1. The predicted octanol–water partition coefficient (Wildman–Crippen LogP) is 3.82. The van der Waals surface area contributed by atoms with Crippen molar-refractivity contribution in [3.63, 3.8) is 0 Å². The number of nitrogens with two attached hydrogens (primary N) is 1. The molecule has 0 saturated heterocycles. The number of nitrogens with zero attached hydrogens (tertiary/aromatic N) is 2. The smallest absolute Gasteiger partial charge is 0.357 e. The molecule has 0 saturated carbocycles. The van der Waals surface area contributed by atoms with Crippen LogP contribution in [0.1, 0.15) is 21.6 Å². The number of aromatic nitrogens is 1. The molecular formula is C20H17N3O3. The lowest BCUT2D eigenvalue weighted by molar-refractivity contribution is 0.0593. The van der Waals surface area contributed by atoms with Gasteiger partial charge in [0.2, 0.25) is 0 Å². The van der Waals surface area contributed by atoms with E-state index in [1.54, 1.807) is 6.07 Å². The molecule has 0 unspecified atom stereocenters. The minimum absolute atomic E-state index is 0.0755. The maximum absolute atomic E-state index is 12.2. The number of anilines is 1. The summed E-state index contributed by atoms with van der Waals surface area (Å²) in [4.78, 5) is 12.2. The summed E-state index contributed by atoms with van der Waals surface area (Å²) in [5, 5.41) is 9.29. The van der Waals surface area contributed by atoms with Crippen molar-refractivity contribution in [1.29, 1.82) is 5.26 Å². The first-order valence-electron chi connectivity index (χ1n) is 7.89. The highest BCUT2D eigenvalue weighted by Gasteiger charge is 2.24. The van der Waals surface area contributed by atoms with E-state index in [2.05, 4.69) is 0 Å². The van der Waals surface area contributed by atoms with Crippen LogP contribution in [0.3, 0.4) is 0 Å². The Hall–Kier alpha value is -3.72. The van der Waals surface area contributed by atoms with Gasteiger partial charge in [0.25, 0.3) is 0 Å². The van der Waals surface area contributed by atoms with Crippen molar-refractivity contribution in [3.05, 3.63) is 71.5 Å². The summed E-state index contributed by atoms with van der Waals surface area (Å²) < 4.78 is 12.4. The maximum Gasteiger partial charge on any atom is 0.357 e. The van der Waals surface area contributed by atoms with Crippen LogP contribution < -0.4 is 10.5 Å². The fraction of sp³-hybridized carbons (Fsp3) is 0.100. The second-order valence-electron chi connectivity index (χ2n) is 5.62. The summed E-state index contributed by atoms with van der Waals surface area (Å²) in [6.45, 7) is 1.90. The van der Waals surface area contributed by atoms with Crippen molar-refractivity contribution < 1.29 is 14.3 Å². The van der Waals surface area contributed by atoms with E-state index in [0.717, 1.165) is 5.56 Å². The minimum Gasteiger partial charge on any atom is -0.464 e. The molecule has 0 spiro atoms. The highest BCUT2D eigenvalue weighted by Crippen LogP contribution is 2.35. The summed E-state index contributed by atoms with van der Waals surface area (Å²) >= 11 is 0. The van der Waals surface area contributed by atoms with Crippen LogP contribution in [0.2, 0.25) is 0 Å². The number of benzene rings is 2. The van der Waals surface area contributed by atoms with Gasteiger partial charge in [-0.15, -0.1) is 0 Å². The number of para-hydroxylation sites is 2. The Morgan fingerprint density at radius 1 is 1.15 bits per heavy atom. The van der Waals surface area contributed by atoms with Crippen LogP contribution in [0.5, 0.6) is 11.5 Å². The molecule has 26 heavy (non-hydrogen) atoms. The predicted molar refractivity (Wildman–Crippen MR) is 97.5 cm³/mol. The van der Waals surface area contributed by atoms with Crippen LogP contribution in [0.15, 0.2) is 54.7 Å². The lowest BCUT2D eigenvalue weighted by Gasteiger charge is -2.16. The molecule has 0 atom stereocenters. The van der Waals surface area contributed by atoms with Crippen LogP contribution in [0.25, 0.3) is 5.69 Å². The normalized spacial score (nSPS) is 10.2. The molecule has 1 aromatic heterocycles. The third kappa shape index (κ3) is 2.98. The van der Waals surface area contributed by atoms with Gasteiger partial charge in [-0.25, -0.2) is 4.79 Å². The molecule has 0 amide bonds. The first kappa shape index (κ1) is 17.1. The zero-order valence-corrected chi connectivity index (χ0v) is 14.4. The molecule has 0 aliphatic rings. The number of hydrogen-bond donors (Lipinski definition) is 1. The number of carbonyl (C=O) groups excluding carboxylic acids is 1. The Bertz CT molecular complexity index is 1000. The average molecular weight is 347 g/mol. The van der Waals surface area contributed by atoms with Gasteiger partial charge in [-0.3, -0.25) is 0 Å². The van der Waals surface area contributed by atoms with Crippen molar-refractivity contribution in [2.24, 2.45) is 0 Å². The second-order valence-corrected chi connectivity index (χ2v) is 5.62. The summed E-state index contributed by atoms with van der Waals surface area (Å²) in [6.07, 6.45) is 1.51. The van der Waals surface area contributed by atoms with Crippen molar-refractivity contribution in [2.75, 3.05) is 12.8 Å². The summed E-state index contributed by atoms with van der Waals surface area (Å²) in [7, 11) is 1.27. The van der Waals surface area contributed by atoms with E-state index in [4.69, 9.17) is 15.2 Å². The minimum atomic E-state index is -0.629. The molecule has 3 rings (SSSR count). The Morgan fingerprint density at radius 2 is 1.88 bits per heavy atom. The standard InChI is InChI=1S/C20H17N3O3/c1-13-7-6-10-16(19(13)26-15-8-4-3-5-9-15)23-12-14(11-21)17(22)18(23)20(24)25-2/h3-10,12H,22H2,1-2H3. The van der Waals surface area contributed by atoms with Gasteiger partial charge in [0.15, 0.2) is 11.4 Å². The molecule has 130 valence electrons. The van der Waals surface area contributed by atoms with E-state index in [-0.39, 0.29) is 16.9 Å². The highest BCUT2D eigenvalue weighted by molar-refractivity contribution is 5.96. The fourth-order valence-electron chi connectivity index (χ4n) is 2.67. The highest BCUT2D eigenvalue weighted by atomic mass is 16.5. The molecule has 6 nitrogen and oxygen atoms in total. The lowest BCUT2D eigenvalue weighted by atomic mass is 10.2. The van der Waals surface area contributed by atoms with E-state index >= 15 is 0 Å². The monoisotopic (exact) mass is 347 g/mol. The number of hydrogen-bond acceptors (Lipinski definition) is 5. The SMILES string of the molecule is COC(=O)c1c(N)c(C#N)cn1-c1cccc(C)c1Oc1ccccc1. The van der Waals surface area contributed by atoms with E-state index in [1.165, 1.54) is 17.9 Å². The van der Waals surface area contributed by atoms with E-state index in [0.29, 0.717) is 17.2 Å². The molecule has 0 bridgehead atoms. The molecule has 1 heterocycles. The number of carbonyl (C=O) groups is 1. The Balaban J connectivity index is 2.21. The molecule has 2 N–H and O–H groups in total. The molecule has 0 aliphatic carbocycles. The van der Waals surface area contributed by atoms with Gasteiger partial charge in [0, 0.05) is 6.20 Å². The van der Waals surface area contributed by atoms with E-state index in [1.807, 2.05) is 55.5 Å². The van der Waals surface area contributed by atoms with Crippen LogP contribution in [-0.2, 0) is 4.74 Å². The van der Waals surface area contributed by atoms with Crippen LogP contribution in [0.4, 0.5) is 5.69 Å². The average Bonchev–Trinajstić information content (AvgIpc) is 3.00. The first-order chi connectivity index (χ1) is 12.6. The largest absolute Gasteiger partial charge is 0.464 e. The number of aryl methyl sites for hydroxylation is 1. The number of nitrogen functional groups attached to an aromatic ring is 1. The van der Waals surface area contributed by atoms with Gasteiger partial charge >= 0.3 is 5.97 Å². The third-order valence-corrected chi connectivity index (χ3v) is 3.96. The van der Waals surface area contributed by atoms with Crippen molar-refractivity contribution in [2.45, 2.75) is 6.92 Å². The Morgan fingerprint density at radius 3 is 2.54 bits per heavy atom. The third-order valence-electron chi connectivity index (χ3n) is 3.96. The van der Waals surface area contributed by atoms with Crippen molar-refractivity contribution >= 4 is 11.7 Å². The molecule has 0 aliphatic heterocycles. The molecular weight excluding hydrogens is 330 g/mol. The van der Waals surface area contributed by atoms with Gasteiger partial charge in [0.05, 0.1) is 24.0 Å². The van der Waals surface area contributed by atoms with Gasteiger partial charge in [-0.1, -0.05) is 30.3 Å². The first-order valence-corrected chi connectivity index (χ1v) is 7.89. The van der Waals surface area contributed by atoms with Gasteiger partial charge < -0.3 is 19.8 Å². The molecule has 2 aromatic carbocycles. The molecule has 0 fully saturated rings. The quantitative estimate of drug-likeness (QED) is 0.725. The molecule has 6 heteroatoms. The van der Waals surface area contributed by atoms with Gasteiger partial charge in [-0.2, -0.15) is 5.26 Å². The zero-order valence-electron chi connectivity index (χ0n) is 14.4. The zero-order chi connectivity index (χ0) is 18.7. The molecule has 3 aromatic rings. The number of esters is 1. The van der Waals surface area contributed by atoms with E-state index < -0.39 is 5.97 Å². The fourth-order valence-corrected chi connectivity index (χ4v) is 2.67. The number of ether oxygens (including phenoxy) is 2.